The topological polar surface area (TPSA) is 21.3 Å². The summed E-state index contributed by atoms with van der Waals surface area (Å²) in [4.78, 5) is 0. The summed E-state index contributed by atoms with van der Waals surface area (Å²) in [6.07, 6.45) is -1.23. The zero-order chi connectivity index (χ0) is 15.9. The zero-order valence-corrected chi connectivity index (χ0v) is 12.8. The molecule has 0 radical (unpaired) electrons. The van der Waals surface area contributed by atoms with E-state index in [4.69, 9.17) is 0 Å². The summed E-state index contributed by atoms with van der Waals surface area (Å²) in [6.45, 7) is 7.03. The van der Waals surface area contributed by atoms with Crippen LogP contribution in [0.3, 0.4) is 0 Å². The highest BCUT2D eigenvalue weighted by molar-refractivity contribution is 5.28. The lowest BCUT2D eigenvalue weighted by atomic mass is 10.0. The third-order valence-electron chi connectivity index (χ3n) is 3.21. The Labute approximate surface area is 124 Å². The molecule has 0 heterocycles. The maximum Gasteiger partial charge on any atom is 0.573 e. The molecule has 1 aromatic rings. The Kier molecular flexibility index (Phi) is 7.02. The van der Waals surface area contributed by atoms with Crippen LogP contribution in [0.2, 0.25) is 0 Å². The first-order chi connectivity index (χ1) is 9.76. The van der Waals surface area contributed by atoms with Crippen molar-refractivity contribution < 1.29 is 17.9 Å². The zero-order valence-electron chi connectivity index (χ0n) is 12.8. The number of rotatable bonds is 8. The van der Waals surface area contributed by atoms with Crippen LogP contribution in [-0.2, 0) is 6.54 Å². The van der Waals surface area contributed by atoms with Crippen LogP contribution in [0, 0.1) is 5.92 Å². The van der Waals surface area contributed by atoms with Crippen LogP contribution in [0.15, 0.2) is 24.3 Å². The smallest absolute Gasteiger partial charge is 0.406 e. The third-order valence-corrected chi connectivity index (χ3v) is 3.21. The van der Waals surface area contributed by atoms with Gasteiger partial charge >= 0.3 is 6.36 Å². The van der Waals surface area contributed by atoms with Gasteiger partial charge in [-0.05, 0) is 37.0 Å². The average molecular weight is 303 g/mol. The minimum absolute atomic E-state index is 0.172. The molecule has 0 fully saturated rings. The quantitative estimate of drug-likeness (QED) is 0.738. The Morgan fingerprint density at radius 2 is 1.86 bits per heavy atom. The highest BCUT2D eigenvalue weighted by atomic mass is 19.4. The predicted molar refractivity (Wildman–Crippen MR) is 78.1 cm³/mol. The maximum atomic E-state index is 12.2. The van der Waals surface area contributed by atoms with Gasteiger partial charge < -0.3 is 10.1 Å². The number of nitrogens with one attached hydrogen (secondary N) is 1. The highest BCUT2D eigenvalue weighted by Gasteiger charge is 2.31. The minimum atomic E-state index is -4.64. The van der Waals surface area contributed by atoms with Crippen LogP contribution in [0.1, 0.15) is 45.6 Å². The molecule has 21 heavy (non-hydrogen) atoms. The molecule has 1 atom stereocenters. The van der Waals surface area contributed by atoms with Gasteiger partial charge in [-0.15, -0.1) is 13.2 Å². The molecule has 120 valence electrons. The van der Waals surface area contributed by atoms with Gasteiger partial charge in [0.05, 0.1) is 0 Å². The van der Waals surface area contributed by atoms with E-state index in [1.165, 1.54) is 18.6 Å². The second-order valence-corrected chi connectivity index (χ2v) is 5.80. The molecule has 2 nitrogen and oxygen atoms in total. The molecule has 0 saturated carbocycles. The molecule has 1 rings (SSSR count). The molecular formula is C16H24F3NO. The standard InChI is InChI=1S/C16H24F3NO/c1-12(2)6-4-7-13(3)20-11-14-8-5-9-15(10-14)21-16(17,18)19/h5,8-10,12-13,20H,4,6-7,11H2,1-3H3. The summed E-state index contributed by atoms with van der Waals surface area (Å²) in [6, 6.07) is 6.43. The molecule has 0 aliphatic heterocycles. The second-order valence-electron chi connectivity index (χ2n) is 5.80. The van der Waals surface area contributed by atoms with Crippen molar-refractivity contribution in [2.24, 2.45) is 5.92 Å². The minimum Gasteiger partial charge on any atom is -0.406 e. The van der Waals surface area contributed by atoms with E-state index in [1.807, 2.05) is 0 Å². The monoisotopic (exact) mass is 303 g/mol. The summed E-state index contributed by atoms with van der Waals surface area (Å²) in [7, 11) is 0. The predicted octanol–water partition coefficient (Wildman–Crippen LogP) is 4.89. The molecule has 0 saturated heterocycles. The van der Waals surface area contributed by atoms with Crippen molar-refractivity contribution in [2.75, 3.05) is 0 Å². The normalized spacial score (nSPS) is 13.5. The maximum absolute atomic E-state index is 12.2. The molecule has 1 aromatic carbocycles. The number of hydrogen-bond donors (Lipinski definition) is 1. The fraction of sp³-hybridized carbons (Fsp3) is 0.625. The molecule has 0 aliphatic carbocycles. The summed E-state index contributed by atoms with van der Waals surface area (Å²) in [5.74, 6) is 0.530. The van der Waals surface area contributed by atoms with Crippen molar-refractivity contribution in [3.63, 3.8) is 0 Å². The average Bonchev–Trinajstić information content (AvgIpc) is 2.34. The first-order valence-electron chi connectivity index (χ1n) is 7.34. The fourth-order valence-electron chi connectivity index (χ4n) is 2.08. The summed E-state index contributed by atoms with van der Waals surface area (Å²) < 4.78 is 40.4. The van der Waals surface area contributed by atoms with Gasteiger partial charge in [-0.25, -0.2) is 0 Å². The number of ether oxygens (including phenoxy) is 1. The second kappa shape index (κ2) is 8.27. The molecule has 0 spiro atoms. The largest absolute Gasteiger partial charge is 0.573 e. The number of halogens is 3. The molecule has 0 aromatic heterocycles. The van der Waals surface area contributed by atoms with Crippen LogP contribution in [0.5, 0.6) is 5.75 Å². The molecular weight excluding hydrogens is 279 g/mol. The van der Waals surface area contributed by atoms with Gasteiger partial charge in [0.15, 0.2) is 0 Å². The molecule has 0 amide bonds. The van der Waals surface area contributed by atoms with E-state index in [-0.39, 0.29) is 5.75 Å². The van der Waals surface area contributed by atoms with E-state index in [2.05, 4.69) is 30.8 Å². The van der Waals surface area contributed by atoms with Crippen molar-refractivity contribution in [1.29, 1.82) is 0 Å². The molecule has 1 unspecified atom stereocenters. The summed E-state index contributed by atoms with van der Waals surface area (Å²) in [5, 5.41) is 3.33. The van der Waals surface area contributed by atoms with E-state index < -0.39 is 6.36 Å². The first kappa shape index (κ1) is 17.8. The summed E-state index contributed by atoms with van der Waals surface area (Å²) >= 11 is 0. The van der Waals surface area contributed by atoms with E-state index >= 15 is 0 Å². The van der Waals surface area contributed by atoms with Crippen molar-refractivity contribution in [3.05, 3.63) is 29.8 Å². The summed E-state index contributed by atoms with van der Waals surface area (Å²) in [5.41, 5.74) is 0.785. The Hall–Kier alpha value is -1.23. The van der Waals surface area contributed by atoms with Gasteiger partial charge in [-0.1, -0.05) is 38.8 Å². The Bertz CT molecular complexity index is 418. The number of benzene rings is 1. The Balaban J connectivity index is 2.39. The molecule has 0 aliphatic rings. The SMILES string of the molecule is CC(C)CCCC(C)NCc1cccc(OC(F)(F)F)c1. The van der Waals surface area contributed by atoms with Gasteiger partial charge in [-0.2, -0.15) is 0 Å². The third kappa shape index (κ3) is 8.60. The molecule has 5 heteroatoms. The van der Waals surface area contributed by atoms with Crippen LogP contribution >= 0.6 is 0 Å². The lowest BCUT2D eigenvalue weighted by Gasteiger charge is -2.15. The van der Waals surface area contributed by atoms with Gasteiger partial charge in [-0.3, -0.25) is 0 Å². The van der Waals surface area contributed by atoms with Crippen LogP contribution in [-0.4, -0.2) is 12.4 Å². The van der Waals surface area contributed by atoms with E-state index in [0.717, 1.165) is 18.4 Å². The Morgan fingerprint density at radius 1 is 1.14 bits per heavy atom. The number of hydrogen-bond acceptors (Lipinski definition) is 2. The van der Waals surface area contributed by atoms with Gasteiger partial charge in [0.2, 0.25) is 0 Å². The lowest BCUT2D eigenvalue weighted by molar-refractivity contribution is -0.274. The van der Waals surface area contributed by atoms with Crippen LogP contribution in [0.25, 0.3) is 0 Å². The van der Waals surface area contributed by atoms with Crippen molar-refractivity contribution >= 4 is 0 Å². The fourth-order valence-corrected chi connectivity index (χ4v) is 2.08. The Morgan fingerprint density at radius 3 is 2.48 bits per heavy atom. The number of alkyl halides is 3. The van der Waals surface area contributed by atoms with Gasteiger partial charge in [0.25, 0.3) is 0 Å². The van der Waals surface area contributed by atoms with Crippen molar-refractivity contribution in [2.45, 2.75) is 59.0 Å². The molecule has 0 bridgehead atoms. The van der Waals surface area contributed by atoms with Crippen LogP contribution in [0.4, 0.5) is 13.2 Å². The van der Waals surface area contributed by atoms with Crippen molar-refractivity contribution in [3.8, 4) is 5.75 Å². The highest BCUT2D eigenvalue weighted by Crippen LogP contribution is 2.23. The van der Waals surface area contributed by atoms with Gasteiger partial charge in [0, 0.05) is 12.6 Å². The van der Waals surface area contributed by atoms with Gasteiger partial charge in [0.1, 0.15) is 5.75 Å². The van der Waals surface area contributed by atoms with E-state index in [1.54, 1.807) is 12.1 Å². The molecule has 1 N–H and O–H groups in total. The lowest BCUT2D eigenvalue weighted by Crippen LogP contribution is -2.25. The first-order valence-corrected chi connectivity index (χ1v) is 7.34. The van der Waals surface area contributed by atoms with Crippen molar-refractivity contribution in [1.82, 2.24) is 5.32 Å². The van der Waals surface area contributed by atoms with Crippen LogP contribution < -0.4 is 10.1 Å². The van der Waals surface area contributed by atoms with E-state index in [0.29, 0.717) is 18.5 Å². The van der Waals surface area contributed by atoms with E-state index in [9.17, 15) is 13.2 Å².